The van der Waals surface area contributed by atoms with E-state index in [1.54, 1.807) is 20.8 Å². The van der Waals surface area contributed by atoms with Gasteiger partial charge < -0.3 is 14.2 Å². The SMILES string of the molecule is CC(OC(=O)C(C)(C)C)c1cc([N+](=O)[O-])ccc1OC(=O)Oc1ccc([N+](=O)[O-])cc1. The minimum atomic E-state index is -1.18. The second-order valence-corrected chi connectivity index (χ2v) is 7.48. The van der Waals surface area contributed by atoms with E-state index in [1.807, 2.05) is 0 Å². The maximum atomic E-state index is 12.2. The number of hydrogen-bond donors (Lipinski definition) is 0. The molecule has 2 aromatic rings. The van der Waals surface area contributed by atoms with Crippen LogP contribution in [0, 0.1) is 25.6 Å². The molecule has 0 fully saturated rings. The number of carbonyl (C=O) groups is 2. The molecule has 0 spiro atoms. The van der Waals surface area contributed by atoms with Crippen LogP contribution in [0.25, 0.3) is 0 Å². The van der Waals surface area contributed by atoms with Crippen LogP contribution < -0.4 is 9.47 Å². The first-order chi connectivity index (χ1) is 14.4. The van der Waals surface area contributed by atoms with E-state index in [4.69, 9.17) is 14.2 Å². The van der Waals surface area contributed by atoms with Crippen molar-refractivity contribution in [2.45, 2.75) is 33.8 Å². The summed E-state index contributed by atoms with van der Waals surface area (Å²) in [6.45, 7) is 6.43. The predicted molar refractivity (Wildman–Crippen MR) is 107 cm³/mol. The van der Waals surface area contributed by atoms with Crippen molar-refractivity contribution in [2.75, 3.05) is 0 Å². The summed E-state index contributed by atoms with van der Waals surface area (Å²) < 4.78 is 15.5. The van der Waals surface area contributed by atoms with Gasteiger partial charge in [-0.2, -0.15) is 0 Å². The molecule has 0 aliphatic rings. The van der Waals surface area contributed by atoms with Crippen LogP contribution in [0.5, 0.6) is 11.5 Å². The molecular weight excluding hydrogens is 412 g/mol. The van der Waals surface area contributed by atoms with Gasteiger partial charge >= 0.3 is 12.1 Å². The van der Waals surface area contributed by atoms with E-state index < -0.39 is 33.5 Å². The molecular formula is C20H20N2O9. The van der Waals surface area contributed by atoms with E-state index in [0.717, 1.165) is 24.3 Å². The molecule has 0 bridgehead atoms. The van der Waals surface area contributed by atoms with E-state index in [9.17, 15) is 29.8 Å². The highest BCUT2D eigenvalue weighted by atomic mass is 16.7. The Bertz CT molecular complexity index is 1010. The second-order valence-electron chi connectivity index (χ2n) is 7.48. The first-order valence-electron chi connectivity index (χ1n) is 9.02. The molecule has 0 radical (unpaired) electrons. The lowest BCUT2D eigenvalue weighted by molar-refractivity contribution is -0.385. The Kier molecular flexibility index (Phi) is 6.90. The zero-order valence-corrected chi connectivity index (χ0v) is 17.2. The molecule has 0 amide bonds. The predicted octanol–water partition coefficient (Wildman–Crippen LogP) is 4.73. The van der Waals surface area contributed by atoms with Gasteiger partial charge in [-0.3, -0.25) is 25.0 Å². The van der Waals surface area contributed by atoms with E-state index in [0.29, 0.717) is 0 Å². The quantitative estimate of drug-likeness (QED) is 0.273. The number of hydrogen-bond acceptors (Lipinski definition) is 9. The van der Waals surface area contributed by atoms with E-state index >= 15 is 0 Å². The van der Waals surface area contributed by atoms with Crippen LogP contribution >= 0.6 is 0 Å². The molecule has 0 N–H and O–H groups in total. The van der Waals surface area contributed by atoms with Crippen molar-refractivity contribution in [1.29, 1.82) is 0 Å². The summed E-state index contributed by atoms with van der Waals surface area (Å²) >= 11 is 0. The summed E-state index contributed by atoms with van der Waals surface area (Å²) in [5, 5.41) is 21.8. The number of benzene rings is 2. The average Bonchev–Trinajstić information content (AvgIpc) is 2.67. The molecule has 0 aliphatic carbocycles. The Morgan fingerprint density at radius 1 is 0.903 bits per heavy atom. The van der Waals surface area contributed by atoms with Crippen LogP contribution in [0.2, 0.25) is 0 Å². The Morgan fingerprint density at radius 2 is 1.45 bits per heavy atom. The molecule has 0 saturated carbocycles. The topological polar surface area (TPSA) is 148 Å². The van der Waals surface area contributed by atoms with Gasteiger partial charge in [0.2, 0.25) is 0 Å². The van der Waals surface area contributed by atoms with Crippen molar-refractivity contribution in [3.63, 3.8) is 0 Å². The molecule has 2 aromatic carbocycles. The third-order valence-electron chi connectivity index (χ3n) is 3.98. The molecule has 0 aliphatic heterocycles. The van der Waals surface area contributed by atoms with Gasteiger partial charge in [0.15, 0.2) is 0 Å². The number of carbonyl (C=O) groups excluding carboxylic acids is 2. The van der Waals surface area contributed by atoms with Gasteiger partial charge in [0.25, 0.3) is 11.4 Å². The van der Waals surface area contributed by atoms with Crippen LogP contribution in [0.1, 0.15) is 39.4 Å². The Labute approximate surface area is 176 Å². The summed E-state index contributed by atoms with van der Waals surface area (Å²) in [7, 11) is 0. The Morgan fingerprint density at radius 3 is 1.97 bits per heavy atom. The van der Waals surface area contributed by atoms with Gasteiger partial charge in [-0.1, -0.05) is 0 Å². The fraction of sp³-hybridized carbons (Fsp3) is 0.300. The van der Waals surface area contributed by atoms with Crippen molar-refractivity contribution >= 4 is 23.5 Å². The highest BCUT2D eigenvalue weighted by Gasteiger charge is 2.28. The van der Waals surface area contributed by atoms with Crippen molar-refractivity contribution in [2.24, 2.45) is 5.41 Å². The van der Waals surface area contributed by atoms with Crippen molar-refractivity contribution in [3.8, 4) is 11.5 Å². The second kappa shape index (κ2) is 9.20. The molecule has 0 saturated heterocycles. The average molecular weight is 432 g/mol. The fourth-order valence-corrected chi connectivity index (χ4v) is 2.30. The van der Waals surface area contributed by atoms with E-state index in [-0.39, 0.29) is 28.4 Å². The lowest BCUT2D eigenvalue weighted by Gasteiger charge is -2.22. The number of nitrogens with zero attached hydrogens (tertiary/aromatic N) is 2. The van der Waals surface area contributed by atoms with Gasteiger partial charge in [0, 0.05) is 29.8 Å². The summed E-state index contributed by atoms with van der Waals surface area (Å²) in [6.07, 6.45) is -2.15. The highest BCUT2D eigenvalue weighted by molar-refractivity contribution is 5.76. The minimum Gasteiger partial charge on any atom is -0.457 e. The first-order valence-corrected chi connectivity index (χ1v) is 9.02. The van der Waals surface area contributed by atoms with E-state index in [2.05, 4.69) is 0 Å². The van der Waals surface area contributed by atoms with Gasteiger partial charge in [-0.05, 0) is 45.9 Å². The summed E-state index contributed by atoms with van der Waals surface area (Å²) in [5.41, 5.74) is -1.20. The largest absolute Gasteiger partial charge is 0.519 e. The lowest BCUT2D eigenvalue weighted by atomic mass is 9.97. The third kappa shape index (κ3) is 6.23. The van der Waals surface area contributed by atoms with Crippen molar-refractivity contribution in [1.82, 2.24) is 0 Å². The van der Waals surface area contributed by atoms with Gasteiger partial charge in [-0.15, -0.1) is 0 Å². The Balaban J connectivity index is 2.24. The molecule has 1 atom stereocenters. The molecule has 31 heavy (non-hydrogen) atoms. The van der Waals surface area contributed by atoms with Crippen LogP contribution in [-0.2, 0) is 9.53 Å². The Hall–Kier alpha value is -4.02. The molecule has 0 heterocycles. The van der Waals surface area contributed by atoms with Gasteiger partial charge in [-0.25, -0.2) is 4.79 Å². The summed E-state index contributed by atoms with van der Waals surface area (Å²) in [6, 6.07) is 8.16. The van der Waals surface area contributed by atoms with Gasteiger partial charge in [0.05, 0.1) is 15.3 Å². The zero-order valence-electron chi connectivity index (χ0n) is 17.2. The standard InChI is InChI=1S/C20H20N2O9/c1-12(29-18(23)20(2,3)4)16-11-14(22(27)28)7-10-17(16)31-19(24)30-15-8-5-13(6-9-15)21(25)26/h5-12H,1-4H3. The maximum Gasteiger partial charge on any atom is 0.519 e. The monoisotopic (exact) mass is 432 g/mol. The number of nitro benzene ring substituents is 2. The van der Waals surface area contributed by atoms with E-state index in [1.165, 1.54) is 25.1 Å². The number of nitro groups is 2. The zero-order chi connectivity index (χ0) is 23.3. The van der Waals surface area contributed by atoms with Crippen LogP contribution in [0.3, 0.4) is 0 Å². The number of esters is 1. The molecule has 164 valence electrons. The van der Waals surface area contributed by atoms with Crippen LogP contribution in [0.15, 0.2) is 42.5 Å². The maximum absolute atomic E-state index is 12.2. The molecule has 11 nitrogen and oxygen atoms in total. The minimum absolute atomic E-state index is 0.00808. The smallest absolute Gasteiger partial charge is 0.457 e. The number of ether oxygens (including phenoxy) is 3. The molecule has 2 rings (SSSR count). The summed E-state index contributed by atoms with van der Waals surface area (Å²) in [4.78, 5) is 44.9. The van der Waals surface area contributed by atoms with Gasteiger partial charge in [0.1, 0.15) is 17.6 Å². The lowest BCUT2D eigenvalue weighted by Crippen LogP contribution is -2.24. The highest BCUT2D eigenvalue weighted by Crippen LogP contribution is 2.33. The number of rotatable bonds is 6. The normalized spacial score (nSPS) is 11.9. The third-order valence-corrected chi connectivity index (χ3v) is 3.98. The molecule has 1 unspecified atom stereocenters. The fourth-order valence-electron chi connectivity index (χ4n) is 2.30. The van der Waals surface area contributed by atoms with Crippen molar-refractivity contribution in [3.05, 3.63) is 68.3 Å². The van der Waals surface area contributed by atoms with Crippen LogP contribution in [0.4, 0.5) is 16.2 Å². The van der Waals surface area contributed by atoms with Crippen molar-refractivity contribution < 1.29 is 33.6 Å². The first kappa shape index (κ1) is 23.3. The summed E-state index contributed by atoms with van der Waals surface area (Å²) in [5.74, 6) is -0.663. The van der Waals surface area contributed by atoms with Crippen LogP contribution in [-0.4, -0.2) is 22.0 Å². The number of non-ortho nitro benzene ring substituents is 2. The molecule has 0 aromatic heterocycles. The molecule has 11 heteroatoms.